The van der Waals surface area contributed by atoms with E-state index in [-0.39, 0.29) is 28.3 Å². The maximum atomic E-state index is 12.4. The van der Waals surface area contributed by atoms with Crippen molar-refractivity contribution in [2.24, 2.45) is 11.1 Å². The summed E-state index contributed by atoms with van der Waals surface area (Å²) >= 11 is 1.06. The van der Waals surface area contributed by atoms with Crippen LogP contribution < -0.4 is 9.88 Å². The van der Waals surface area contributed by atoms with Gasteiger partial charge < -0.3 is 4.74 Å². The number of alkyl halides is 3. The van der Waals surface area contributed by atoms with Gasteiger partial charge in [-0.1, -0.05) is 38.8 Å². The lowest BCUT2D eigenvalue weighted by Crippen LogP contribution is -2.22. The molecular formula is C20H23F3N4O3S2. The van der Waals surface area contributed by atoms with E-state index >= 15 is 0 Å². The number of benzene rings is 1. The van der Waals surface area contributed by atoms with Crippen LogP contribution >= 0.6 is 11.3 Å². The van der Waals surface area contributed by atoms with Gasteiger partial charge in [-0.2, -0.15) is 5.10 Å². The van der Waals surface area contributed by atoms with E-state index in [9.17, 15) is 21.6 Å². The minimum atomic E-state index is -4.76. The number of halogens is 3. The molecule has 0 fully saturated rings. The number of hydrogen-bond donors (Lipinski definition) is 1. The molecule has 174 valence electrons. The van der Waals surface area contributed by atoms with Crippen LogP contribution in [0.1, 0.15) is 49.6 Å². The molecule has 0 spiro atoms. The summed E-state index contributed by atoms with van der Waals surface area (Å²) in [5.41, 5.74) is 1.26. The number of aromatic nitrogens is 3. The van der Waals surface area contributed by atoms with E-state index in [2.05, 4.69) is 14.8 Å². The largest absolute Gasteiger partial charge is 0.573 e. The van der Waals surface area contributed by atoms with Crippen LogP contribution in [-0.4, -0.2) is 29.5 Å². The van der Waals surface area contributed by atoms with Gasteiger partial charge in [0, 0.05) is 5.92 Å². The fraction of sp³-hybridized carbons (Fsp3) is 0.400. The first-order valence-corrected chi connectivity index (χ1v) is 12.3. The third-order valence-corrected chi connectivity index (χ3v) is 7.65. The van der Waals surface area contributed by atoms with Crippen molar-refractivity contribution in [2.75, 3.05) is 0 Å². The molecular weight excluding hydrogens is 465 g/mol. The first-order valence-electron chi connectivity index (χ1n) is 9.86. The number of primary sulfonamides is 1. The van der Waals surface area contributed by atoms with Gasteiger partial charge >= 0.3 is 6.36 Å². The minimum Gasteiger partial charge on any atom is -0.406 e. The first-order chi connectivity index (χ1) is 15.0. The van der Waals surface area contributed by atoms with E-state index in [1.165, 1.54) is 30.6 Å². The molecule has 0 aliphatic carbocycles. The SMILES string of the molecule is CCC(CC)C(c1ccsc1S(N)(=O)=O)c1ncnn1Cc1ccc(OC(F)(F)F)cc1. The number of sulfonamides is 1. The number of nitrogens with zero attached hydrogens (tertiary/aromatic N) is 3. The molecule has 3 aromatic rings. The lowest BCUT2D eigenvalue weighted by Gasteiger charge is -2.25. The lowest BCUT2D eigenvalue weighted by molar-refractivity contribution is -0.274. The second-order valence-corrected chi connectivity index (χ2v) is 9.90. The van der Waals surface area contributed by atoms with Gasteiger partial charge in [-0.25, -0.2) is 23.2 Å². The molecule has 7 nitrogen and oxygen atoms in total. The van der Waals surface area contributed by atoms with E-state index in [0.717, 1.165) is 24.2 Å². The van der Waals surface area contributed by atoms with E-state index in [0.29, 0.717) is 17.0 Å². The third-order valence-electron chi connectivity index (χ3n) is 5.18. The van der Waals surface area contributed by atoms with E-state index in [1.54, 1.807) is 16.1 Å². The van der Waals surface area contributed by atoms with Crippen LogP contribution in [0.5, 0.6) is 5.75 Å². The highest BCUT2D eigenvalue weighted by atomic mass is 32.2. The molecule has 1 aromatic carbocycles. The second-order valence-electron chi connectivity index (χ2n) is 7.23. The van der Waals surface area contributed by atoms with Crippen molar-refractivity contribution < 1.29 is 26.3 Å². The zero-order valence-corrected chi connectivity index (χ0v) is 19.0. The monoisotopic (exact) mass is 488 g/mol. The Morgan fingerprint density at radius 2 is 1.81 bits per heavy atom. The van der Waals surface area contributed by atoms with E-state index in [1.807, 2.05) is 13.8 Å². The molecule has 2 N–H and O–H groups in total. The van der Waals surface area contributed by atoms with Crippen LogP contribution in [-0.2, 0) is 16.6 Å². The van der Waals surface area contributed by atoms with E-state index in [4.69, 9.17) is 5.14 Å². The Bertz CT molecular complexity index is 1140. The van der Waals surface area contributed by atoms with Gasteiger partial charge in [0.25, 0.3) is 0 Å². The summed E-state index contributed by atoms with van der Waals surface area (Å²) in [6, 6.07) is 7.24. The van der Waals surface area contributed by atoms with Crippen LogP contribution in [0.3, 0.4) is 0 Å². The molecule has 0 aliphatic heterocycles. The zero-order chi connectivity index (χ0) is 23.5. The Balaban J connectivity index is 1.97. The summed E-state index contributed by atoms with van der Waals surface area (Å²) in [4.78, 5) is 4.42. The lowest BCUT2D eigenvalue weighted by atomic mass is 9.83. The van der Waals surface area contributed by atoms with Crippen molar-refractivity contribution in [1.82, 2.24) is 14.8 Å². The summed E-state index contributed by atoms with van der Waals surface area (Å²) in [7, 11) is -3.91. The summed E-state index contributed by atoms with van der Waals surface area (Å²) in [6.45, 7) is 4.28. The van der Waals surface area contributed by atoms with Gasteiger partial charge in [-0.3, -0.25) is 0 Å². The van der Waals surface area contributed by atoms with Crippen molar-refractivity contribution in [2.45, 2.75) is 49.7 Å². The second kappa shape index (κ2) is 9.59. The van der Waals surface area contributed by atoms with Crippen LogP contribution in [0.15, 0.2) is 46.2 Å². The Labute approximate surface area is 188 Å². The predicted molar refractivity (Wildman–Crippen MR) is 114 cm³/mol. The summed E-state index contributed by atoms with van der Waals surface area (Å²) in [5.74, 6) is -0.0285. The number of ether oxygens (including phenoxy) is 1. The Kier molecular flexibility index (Phi) is 7.25. The molecule has 0 saturated carbocycles. The van der Waals surface area contributed by atoms with Crippen molar-refractivity contribution in [1.29, 1.82) is 0 Å². The fourth-order valence-corrected chi connectivity index (χ4v) is 5.63. The Morgan fingerprint density at radius 3 is 2.38 bits per heavy atom. The summed E-state index contributed by atoms with van der Waals surface area (Å²) in [6.07, 6.45) is -1.83. The first kappa shape index (κ1) is 24.2. The van der Waals surface area contributed by atoms with Gasteiger partial charge in [-0.15, -0.1) is 24.5 Å². The van der Waals surface area contributed by atoms with Gasteiger partial charge in [-0.05, 0) is 40.6 Å². The molecule has 0 aliphatic rings. The maximum absolute atomic E-state index is 12.4. The topological polar surface area (TPSA) is 100 Å². The third kappa shape index (κ3) is 5.67. The maximum Gasteiger partial charge on any atom is 0.573 e. The molecule has 0 bridgehead atoms. The highest BCUT2D eigenvalue weighted by Gasteiger charge is 2.33. The molecule has 0 radical (unpaired) electrons. The van der Waals surface area contributed by atoms with E-state index < -0.39 is 16.4 Å². The minimum absolute atomic E-state index is 0.0793. The number of rotatable bonds is 9. The molecule has 3 rings (SSSR count). The summed E-state index contributed by atoms with van der Waals surface area (Å²) in [5, 5.41) is 11.4. The van der Waals surface area contributed by atoms with Gasteiger partial charge in [0.15, 0.2) is 0 Å². The van der Waals surface area contributed by atoms with Crippen molar-refractivity contribution in [3.63, 3.8) is 0 Å². The molecule has 12 heteroatoms. The quantitative estimate of drug-likeness (QED) is 0.478. The van der Waals surface area contributed by atoms with Crippen LogP contribution in [0.2, 0.25) is 0 Å². The van der Waals surface area contributed by atoms with Crippen molar-refractivity contribution >= 4 is 21.4 Å². The molecule has 0 amide bonds. The van der Waals surface area contributed by atoms with Gasteiger partial charge in [0.05, 0.1) is 6.54 Å². The average Bonchev–Trinajstić information content (AvgIpc) is 3.36. The predicted octanol–water partition coefficient (Wildman–Crippen LogP) is 4.50. The molecule has 1 unspecified atom stereocenters. The van der Waals surface area contributed by atoms with Gasteiger partial charge in [0.2, 0.25) is 10.0 Å². The van der Waals surface area contributed by atoms with Crippen LogP contribution in [0, 0.1) is 5.92 Å². The van der Waals surface area contributed by atoms with Gasteiger partial charge in [0.1, 0.15) is 22.1 Å². The molecule has 32 heavy (non-hydrogen) atoms. The molecule has 2 aromatic heterocycles. The zero-order valence-electron chi connectivity index (χ0n) is 17.4. The molecule has 2 heterocycles. The molecule has 0 saturated heterocycles. The Morgan fingerprint density at radius 1 is 1.16 bits per heavy atom. The highest BCUT2D eigenvalue weighted by Crippen LogP contribution is 2.40. The standard InChI is InChI=1S/C20H23F3N4O3S2/c1-3-14(4-2)17(16-9-10-31-19(16)32(24,28)29)18-25-12-26-27(18)11-13-5-7-15(8-6-13)30-20(21,22)23/h5-10,12,14,17H,3-4,11H2,1-2H3,(H2,24,28,29). The Hall–Kier alpha value is -2.44. The van der Waals surface area contributed by atoms with Crippen molar-refractivity contribution in [3.8, 4) is 5.75 Å². The average molecular weight is 489 g/mol. The number of hydrogen-bond acceptors (Lipinski definition) is 6. The smallest absolute Gasteiger partial charge is 0.406 e. The van der Waals surface area contributed by atoms with Crippen molar-refractivity contribution in [3.05, 3.63) is 59.0 Å². The number of thiophene rings is 1. The summed E-state index contributed by atoms with van der Waals surface area (Å²) < 4.78 is 67.1. The number of nitrogens with two attached hydrogens (primary N) is 1. The molecule has 1 atom stereocenters. The van der Waals surface area contributed by atoms with Crippen LogP contribution in [0.25, 0.3) is 0 Å². The van der Waals surface area contributed by atoms with Crippen LogP contribution in [0.4, 0.5) is 13.2 Å². The normalized spacial score (nSPS) is 13.5. The fourth-order valence-electron chi connectivity index (χ4n) is 3.74. The highest BCUT2D eigenvalue weighted by molar-refractivity contribution is 7.91.